The third-order valence-corrected chi connectivity index (χ3v) is 1.98. The number of hydrogen-bond acceptors (Lipinski definition) is 4. The Labute approximate surface area is 96.6 Å². The molecule has 0 aliphatic heterocycles. The van der Waals surface area contributed by atoms with Gasteiger partial charge in [0.2, 0.25) is 0 Å². The second-order valence-electron chi connectivity index (χ2n) is 3.25. The van der Waals surface area contributed by atoms with Crippen molar-refractivity contribution in [2.75, 3.05) is 12.3 Å². The lowest BCUT2D eigenvalue weighted by atomic mass is 10.1. The Balaban J connectivity index is 2.70. The minimum Gasteiger partial charge on any atom is -0.462 e. The number of carbonyl (C=O) groups excluding carboxylic acids is 1. The van der Waals surface area contributed by atoms with Crippen LogP contribution in [0, 0.1) is 23.0 Å². The van der Waals surface area contributed by atoms with Crippen LogP contribution in [0.5, 0.6) is 0 Å². The Bertz CT molecular complexity index is 469. The van der Waals surface area contributed by atoms with Gasteiger partial charge in [0.15, 0.2) is 11.6 Å². The number of nitrogens with zero attached hydrogens (tertiary/aromatic N) is 1. The number of ether oxygens (including phenoxy) is 1. The predicted molar refractivity (Wildman–Crippen MR) is 55.9 cm³/mol. The topological polar surface area (TPSA) is 76.1 Å². The first-order valence-electron chi connectivity index (χ1n) is 4.85. The van der Waals surface area contributed by atoms with Crippen LogP contribution in [0.3, 0.4) is 0 Å². The molecule has 0 unspecified atom stereocenters. The van der Waals surface area contributed by atoms with Gasteiger partial charge in [-0.2, -0.15) is 5.26 Å². The highest BCUT2D eigenvalue weighted by Crippen LogP contribution is 2.18. The van der Waals surface area contributed by atoms with Crippen LogP contribution in [0.1, 0.15) is 23.2 Å². The van der Waals surface area contributed by atoms with E-state index in [1.54, 1.807) is 0 Å². The molecule has 0 spiro atoms. The highest BCUT2D eigenvalue weighted by atomic mass is 19.2. The van der Waals surface area contributed by atoms with Gasteiger partial charge in [-0.1, -0.05) is 0 Å². The third-order valence-electron chi connectivity index (χ3n) is 1.98. The van der Waals surface area contributed by atoms with Crippen LogP contribution < -0.4 is 5.73 Å². The quantitative estimate of drug-likeness (QED) is 0.496. The molecule has 0 bridgehead atoms. The monoisotopic (exact) mass is 240 g/mol. The van der Waals surface area contributed by atoms with E-state index in [0.717, 1.165) is 6.07 Å². The molecule has 0 aliphatic carbocycles. The Morgan fingerprint density at radius 1 is 1.41 bits per heavy atom. The van der Waals surface area contributed by atoms with Crippen molar-refractivity contribution in [2.24, 2.45) is 0 Å². The largest absolute Gasteiger partial charge is 0.462 e. The number of benzene rings is 1. The Morgan fingerprint density at radius 3 is 2.71 bits per heavy atom. The molecule has 1 rings (SSSR count). The first-order valence-corrected chi connectivity index (χ1v) is 4.85. The molecule has 6 heteroatoms. The number of carbonyl (C=O) groups is 1. The van der Waals surface area contributed by atoms with Gasteiger partial charge >= 0.3 is 5.97 Å². The summed E-state index contributed by atoms with van der Waals surface area (Å²) in [5.41, 5.74) is 4.95. The van der Waals surface area contributed by atoms with Gasteiger partial charge in [0.25, 0.3) is 0 Å². The van der Waals surface area contributed by atoms with Crippen LogP contribution in [-0.4, -0.2) is 12.6 Å². The van der Waals surface area contributed by atoms with Crippen molar-refractivity contribution in [3.63, 3.8) is 0 Å². The van der Waals surface area contributed by atoms with E-state index in [1.807, 2.05) is 6.07 Å². The first-order chi connectivity index (χ1) is 8.06. The van der Waals surface area contributed by atoms with Crippen LogP contribution >= 0.6 is 0 Å². The summed E-state index contributed by atoms with van der Waals surface area (Å²) >= 11 is 0. The molecule has 90 valence electrons. The van der Waals surface area contributed by atoms with Crippen LogP contribution in [0.25, 0.3) is 0 Å². The van der Waals surface area contributed by atoms with E-state index in [-0.39, 0.29) is 24.3 Å². The summed E-state index contributed by atoms with van der Waals surface area (Å²) in [4.78, 5) is 11.4. The highest BCUT2D eigenvalue weighted by Gasteiger charge is 2.15. The van der Waals surface area contributed by atoms with Gasteiger partial charge < -0.3 is 10.5 Å². The SMILES string of the molecule is N#CCCCOC(=O)c1cc(F)c(F)cc1N. The Hall–Kier alpha value is -2.16. The number of anilines is 1. The molecule has 1 aromatic rings. The second-order valence-corrected chi connectivity index (χ2v) is 3.25. The lowest BCUT2D eigenvalue weighted by Crippen LogP contribution is -2.10. The molecule has 17 heavy (non-hydrogen) atoms. The molecule has 0 saturated heterocycles. The van der Waals surface area contributed by atoms with Crippen molar-refractivity contribution >= 4 is 11.7 Å². The summed E-state index contributed by atoms with van der Waals surface area (Å²) < 4.78 is 30.4. The number of rotatable bonds is 4. The molecule has 0 aromatic heterocycles. The van der Waals surface area contributed by atoms with Crippen molar-refractivity contribution < 1.29 is 18.3 Å². The normalized spacial score (nSPS) is 9.71. The molecule has 0 fully saturated rings. The maximum absolute atomic E-state index is 12.9. The minimum absolute atomic E-state index is 0.0326. The first kappa shape index (κ1) is 12.9. The molecule has 0 radical (unpaired) electrons. The number of esters is 1. The fourth-order valence-corrected chi connectivity index (χ4v) is 1.13. The van der Waals surface area contributed by atoms with E-state index >= 15 is 0 Å². The van der Waals surface area contributed by atoms with E-state index in [1.165, 1.54) is 0 Å². The van der Waals surface area contributed by atoms with Gasteiger partial charge in [0.1, 0.15) is 0 Å². The fraction of sp³-hybridized carbons (Fsp3) is 0.273. The number of nitrogens with two attached hydrogens (primary N) is 1. The molecule has 2 N–H and O–H groups in total. The van der Waals surface area contributed by atoms with Gasteiger partial charge in [0.05, 0.1) is 18.2 Å². The molecule has 0 heterocycles. The average molecular weight is 240 g/mol. The van der Waals surface area contributed by atoms with Crippen molar-refractivity contribution in [2.45, 2.75) is 12.8 Å². The van der Waals surface area contributed by atoms with E-state index < -0.39 is 17.6 Å². The maximum Gasteiger partial charge on any atom is 0.340 e. The molecule has 0 saturated carbocycles. The van der Waals surface area contributed by atoms with Crippen molar-refractivity contribution in [3.8, 4) is 6.07 Å². The predicted octanol–water partition coefficient (Wildman–Crippen LogP) is 2.01. The zero-order chi connectivity index (χ0) is 12.8. The van der Waals surface area contributed by atoms with Gasteiger partial charge in [-0.15, -0.1) is 0 Å². The summed E-state index contributed by atoms with van der Waals surface area (Å²) in [7, 11) is 0. The molecular weight excluding hydrogens is 230 g/mol. The number of halogens is 2. The molecule has 1 aromatic carbocycles. The van der Waals surface area contributed by atoms with Crippen molar-refractivity contribution in [3.05, 3.63) is 29.3 Å². The summed E-state index contributed by atoms with van der Waals surface area (Å²) in [5.74, 6) is -3.12. The molecular formula is C11H10F2N2O2. The number of nitrogen functional groups attached to an aromatic ring is 1. The van der Waals surface area contributed by atoms with Gasteiger partial charge in [-0.05, 0) is 12.5 Å². The fourth-order valence-electron chi connectivity index (χ4n) is 1.13. The minimum atomic E-state index is -1.16. The van der Waals surface area contributed by atoms with Crippen molar-refractivity contribution in [1.82, 2.24) is 0 Å². The van der Waals surface area contributed by atoms with Gasteiger partial charge in [-0.25, -0.2) is 13.6 Å². The molecule has 4 nitrogen and oxygen atoms in total. The van der Waals surface area contributed by atoms with Crippen LogP contribution in [0.4, 0.5) is 14.5 Å². The third kappa shape index (κ3) is 3.41. The number of hydrogen-bond donors (Lipinski definition) is 1. The van der Waals surface area contributed by atoms with Crippen molar-refractivity contribution in [1.29, 1.82) is 5.26 Å². The van der Waals surface area contributed by atoms with Crippen LogP contribution in [0.2, 0.25) is 0 Å². The Kier molecular flexibility index (Phi) is 4.40. The zero-order valence-electron chi connectivity index (χ0n) is 8.87. The van der Waals surface area contributed by atoms with E-state index in [9.17, 15) is 13.6 Å². The number of nitriles is 1. The summed E-state index contributed by atoms with van der Waals surface area (Å²) in [6.45, 7) is 0.0326. The summed E-state index contributed by atoms with van der Waals surface area (Å²) in [6, 6.07) is 3.30. The van der Waals surface area contributed by atoms with Gasteiger partial charge in [-0.3, -0.25) is 0 Å². The smallest absolute Gasteiger partial charge is 0.340 e. The van der Waals surface area contributed by atoms with E-state index in [4.69, 9.17) is 15.7 Å². The van der Waals surface area contributed by atoms with Crippen LogP contribution in [0.15, 0.2) is 12.1 Å². The Morgan fingerprint density at radius 2 is 2.06 bits per heavy atom. The van der Waals surface area contributed by atoms with E-state index in [0.29, 0.717) is 12.5 Å². The summed E-state index contributed by atoms with van der Waals surface area (Å²) in [6.07, 6.45) is 0.631. The molecule has 0 amide bonds. The zero-order valence-corrected chi connectivity index (χ0v) is 8.87. The molecule has 0 atom stereocenters. The standard InChI is InChI=1S/C11H10F2N2O2/c12-8-5-7(10(15)6-9(8)13)11(16)17-4-2-1-3-14/h5-6H,1-2,4,15H2. The lowest BCUT2D eigenvalue weighted by Gasteiger charge is -2.06. The van der Waals surface area contributed by atoms with Crippen LogP contribution in [-0.2, 0) is 4.74 Å². The van der Waals surface area contributed by atoms with Gasteiger partial charge in [0, 0.05) is 18.2 Å². The van der Waals surface area contributed by atoms with E-state index in [2.05, 4.69) is 0 Å². The lowest BCUT2D eigenvalue weighted by molar-refractivity contribution is 0.0502. The average Bonchev–Trinajstić information content (AvgIpc) is 2.29. The number of unbranched alkanes of at least 4 members (excludes halogenated alkanes) is 1. The maximum atomic E-state index is 12.9. The highest BCUT2D eigenvalue weighted by molar-refractivity contribution is 5.95. The molecule has 0 aliphatic rings. The summed E-state index contributed by atoms with van der Waals surface area (Å²) in [5, 5.41) is 8.26. The second kappa shape index (κ2) is 5.80.